The third-order valence-corrected chi connectivity index (χ3v) is 5.34. The van der Waals surface area contributed by atoms with Gasteiger partial charge in [0.2, 0.25) is 4.96 Å². The van der Waals surface area contributed by atoms with E-state index in [9.17, 15) is 0 Å². The normalized spacial score (nSPS) is 11.5. The molecule has 0 aliphatic carbocycles. The molecule has 6 nitrogen and oxygen atoms in total. The van der Waals surface area contributed by atoms with Gasteiger partial charge in [0.1, 0.15) is 0 Å². The molecule has 0 bridgehead atoms. The number of nitrogens with zero attached hydrogens (tertiary/aromatic N) is 6. The highest BCUT2D eigenvalue weighted by Gasteiger charge is 2.17. The van der Waals surface area contributed by atoms with Crippen molar-refractivity contribution in [2.24, 2.45) is 7.05 Å². The van der Waals surface area contributed by atoms with Gasteiger partial charge in [-0.1, -0.05) is 40.6 Å². The van der Waals surface area contributed by atoms with E-state index in [2.05, 4.69) is 20.4 Å². The van der Waals surface area contributed by atoms with E-state index < -0.39 is 0 Å². The topological polar surface area (TPSA) is 60.9 Å². The minimum absolute atomic E-state index is 0.467. The van der Waals surface area contributed by atoms with Crippen molar-refractivity contribution < 1.29 is 0 Å². The molecule has 9 heteroatoms. The van der Waals surface area contributed by atoms with Gasteiger partial charge >= 0.3 is 0 Å². The van der Waals surface area contributed by atoms with E-state index in [0.29, 0.717) is 22.3 Å². The summed E-state index contributed by atoms with van der Waals surface area (Å²) in [6, 6.07) is 5.44. The highest BCUT2D eigenvalue weighted by molar-refractivity contribution is 7.19. The second-order valence-corrected chi connectivity index (χ2v) is 7.17. The van der Waals surface area contributed by atoms with Gasteiger partial charge in [-0.15, -0.1) is 10.2 Å². The molecule has 0 spiro atoms. The molecule has 0 atom stereocenters. The number of aromatic nitrogens is 6. The van der Waals surface area contributed by atoms with E-state index >= 15 is 0 Å². The molecule has 0 saturated heterocycles. The number of hydrogen-bond donors (Lipinski definition) is 0. The molecule has 24 heavy (non-hydrogen) atoms. The quantitative estimate of drug-likeness (QED) is 0.543. The number of halogens is 2. The summed E-state index contributed by atoms with van der Waals surface area (Å²) < 4.78 is 3.52. The average Bonchev–Trinajstić information content (AvgIpc) is 3.18. The molecule has 4 aromatic rings. The van der Waals surface area contributed by atoms with Crippen LogP contribution in [0.3, 0.4) is 0 Å². The Morgan fingerprint density at radius 2 is 1.88 bits per heavy atom. The molecule has 0 fully saturated rings. The number of hydrogen-bond acceptors (Lipinski definition) is 5. The molecule has 3 aromatic heterocycles. The summed E-state index contributed by atoms with van der Waals surface area (Å²) in [7, 11) is 1.89. The Hall–Kier alpha value is -1.96. The molecule has 0 saturated carbocycles. The lowest BCUT2D eigenvalue weighted by molar-refractivity contribution is 0.756. The van der Waals surface area contributed by atoms with Crippen molar-refractivity contribution in [1.82, 2.24) is 29.6 Å². The summed E-state index contributed by atoms with van der Waals surface area (Å²) in [6.45, 7) is 1.96. The van der Waals surface area contributed by atoms with Crippen LogP contribution in [0.4, 0.5) is 0 Å². The standard InChI is InChI=1S/C15H12Cl2N6S/c1-8-10(7-22(2)20-8)14-21-23-13(18-19-15(23)24-14)6-9-11(16)4-3-5-12(9)17/h3-5,7H,6H2,1-2H3. The summed E-state index contributed by atoms with van der Waals surface area (Å²) in [4.78, 5) is 0.728. The third-order valence-electron chi connectivity index (χ3n) is 3.70. The Morgan fingerprint density at radius 3 is 2.54 bits per heavy atom. The Kier molecular flexibility index (Phi) is 3.79. The fourth-order valence-electron chi connectivity index (χ4n) is 2.55. The predicted octanol–water partition coefficient (Wildman–Crippen LogP) is 3.79. The first-order valence-electron chi connectivity index (χ1n) is 7.17. The molecule has 0 N–H and O–H groups in total. The first-order valence-corrected chi connectivity index (χ1v) is 8.75. The second-order valence-electron chi connectivity index (χ2n) is 5.40. The van der Waals surface area contributed by atoms with Crippen LogP contribution in [0.2, 0.25) is 10.0 Å². The van der Waals surface area contributed by atoms with Crippen molar-refractivity contribution in [3.8, 4) is 10.6 Å². The minimum atomic E-state index is 0.467. The molecule has 0 unspecified atom stereocenters. The SMILES string of the molecule is Cc1nn(C)cc1-c1nn2c(Cc3c(Cl)cccc3Cl)nnc2s1. The Labute approximate surface area is 151 Å². The minimum Gasteiger partial charge on any atom is -0.275 e. The molecule has 122 valence electrons. The lowest BCUT2D eigenvalue weighted by atomic mass is 10.1. The monoisotopic (exact) mass is 378 g/mol. The van der Waals surface area contributed by atoms with Gasteiger partial charge in [0.05, 0.1) is 11.3 Å². The maximum Gasteiger partial charge on any atom is 0.234 e. The fourth-order valence-corrected chi connectivity index (χ4v) is 4.00. The number of aryl methyl sites for hydroxylation is 2. The fraction of sp³-hybridized carbons (Fsp3) is 0.200. The van der Waals surface area contributed by atoms with Crippen molar-refractivity contribution in [3.63, 3.8) is 0 Å². The summed E-state index contributed by atoms with van der Waals surface area (Å²) in [5.41, 5.74) is 2.75. The summed E-state index contributed by atoms with van der Waals surface area (Å²) >= 11 is 14.0. The number of rotatable bonds is 3. The van der Waals surface area contributed by atoms with Crippen molar-refractivity contribution in [3.05, 3.63) is 51.5 Å². The molecular formula is C15H12Cl2N6S. The Bertz CT molecular complexity index is 1030. The van der Waals surface area contributed by atoms with E-state index in [1.54, 1.807) is 9.20 Å². The van der Waals surface area contributed by atoms with Crippen LogP contribution in [0.5, 0.6) is 0 Å². The van der Waals surface area contributed by atoms with Crippen molar-refractivity contribution in [1.29, 1.82) is 0 Å². The lowest BCUT2D eigenvalue weighted by Gasteiger charge is -2.04. The predicted molar refractivity (Wildman–Crippen MR) is 94.9 cm³/mol. The smallest absolute Gasteiger partial charge is 0.234 e. The van der Waals surface area contributed by atoms with Gasteiger partial charge in [0, 0.05) is 29.7 Å². The van der Waals surface area contributed by atoms with E-state index in [4.69, 9.17) is 23.2 Å². The second kappa shape index (κ2) is 5.84. The number of fused-ring (bicyclic) bond motifs is 1. The van der Waals surface area contributed by atoms with Gasteiger partial charge in [-0.25, -0.2) is 0 Å². The van der Waals surface area contributed by atoms with Crippen LogP contribution in [0, 0.1) is 6.92 Å². The van der Waals surface area contributed by atoms with Crippen LogP contribution in [0.1, 0.15) is 17.1 Å². The zero-order valence-corrected chi connectivity index (χ0v) is 15.2. The van der Waals surface area contributed by atoms with E-state index in [-0.39, 0.29) is 0 Å². The van der Waals surface area contributed by atoms with Gasteiger partial charge < -0.3 is 0 Å². The van der Waals surface area contributed by atoms with Crippen molar-refractivity contribution in [2.75, 3.05) is 0 Å². The van der Waals surface area contributed by atoms with E-state index in [0.717, 1.165) is 26.8 Å². The first kappa shape index (κ1) is 15.6. The molecular weight excluding hydrogens is 367 g/mol. The average molecular weight is 379 g/mol. The van der Waals surface area contributed by atoms with Crippen LogP contribution in [0.15, 0.2) is 24.4 Å². The zero-order chi connectivity index (χ0) is 16.8. The van der Waals surface area contributed by atoms with E-state index in [1.165, 1.54) is 11.3 Å². The van der Waals surface area contributed by atoms with E-state index in [1.807, 2.05) is 38.4 Å². The molecule has 3 heterocycles. The van der Waals surface area contributed by atoms with Crippen LogP contribution in [0.25, 0.3) is 15.5 Å². The largest absolute Gasteiger partial charge is 0.275 e. The lowest BCUT2D eigenvalue weighted by Crippen LogP contribution is -1.99. The molecule has 1 aromatic carbocycles. The third kappa shape index (κ3) is 2.58. The highest BCUT2D eigenvalue weighted by atomic mass is 35.5. The van der Waals surface area contributed by atoms with Gasteiger partial charge in [0.15, 0.2) is 10.8 Å². The molecule has 0 aliphatic heterocycles. The van der Waals surface area contributed by atoms with Gasteiger partial charge in [-0.3, -0.25) is 4.68 Å². The summed E-state index contributed by atoms with van der Waals surface area (Å²) in [5.74, 6) is 0.698. The Balaban J connectivity index is 1.77. The van der Waals surface area contributed by atoms with Gasteiger partial charge in [-0.05, 0) is 24.6 Å². The van der Waals surface area contributed by atoms with Crippen LogP contribution in [-0.2, 0) is 13.5 Å². The zero-order valence-electron chi connectivity index (χ0n) is 12.9. The van der Waals surface area contributed by atoms with Crippen molar-refractivity contribution >= 4 is 39.5 Å². The molecule has 0 amide bonds. The molecule has 4 rings (SSSR count). The molecule has 0 aliphatic rings. The molecule has 0 radical (unpaired) electrons. The summed E-state index contributed by atoms with van der Waals surface area (Å²) in [5, 5.41) is 19.5. The van der Waals surface area contributed by atoms with Crippen LogP contribution >= 0.6 is 34.5 Å². The number of benzene rings is 1. The van der Waals surface area contributed by atoms with Crippen LogP contribution < -0.4 is 0 Å². The van der Waals surface area contributed by atoms with Gasteiger partial charge in [-0.2, -0.15) is 14.7 Å². The van der Waals surface area contributed by atoms with Crippen LogP contribution in [-0.4, -0.2) is 29.6 Å². The first-order chi connectivity index (χ1) is 11.5. The maximum atomic E-state index is 6.25. The summed E-state index contributed by atoms with van der Waals surface area (Å²) in [6.07, 6.45) is 2.42. The van der Waals surface area contributed by atoms with Crippen molar-refractivity contribution in [2.45, 2.75) is 13.3 Å². The highest BCUT2D eigenvalue weighted by Crippen LogP contribution is 2.30. The Morgan fingerprint density at radius 1 is 1.12 bits per heavy atom. The van der Waals surface area contributed by atoms with Gasteiger partial charge in [0.25, 0.3) is 0 Å². The maximum absolute atomic E-state index is 6.25.